The van der Waals surface area contributed by atoms with Gasteiger partial charge in [0.25, 0.3) is 5.56 Å². The number of nitrogens with zero attached hydrogens (tertiary/aromatic N) is 1. The average molecular weight is 406 g/mol. The van der Waals surface area contributed by atoms with Crippen LogP contribution in [0.3, 0.4) is 0 Å². The van der Waals surface area contributed by atoms with E-state index in [1.165, 1.54) is 13.0 Å². The van der Waals surface area contributed by atoms with Crippen molar-refractivity contribution in [3.8, 4) is 0 Å². The molecule has 10 heteroatoms. The highest BCUT2D eigenvalue weighted by atomic mass is 35.5. The molecular weight excluding hydrogens is 391 g/mol. The van der Waals surface area contributed by atoms with Gasteiger partial charge in [-0.1, -0.05) is 30.3 Å². The zero-order valence-corrected chi connectivity index (χ0v) is 15.4. The van der Waals surface area contributed by atoms with Crippen LogP contribution in [0.25, 0.3) is 0 Å². The molecule has 1 atom stereocenters. The molecule has 1 heterocycles. The van der Waals surface area contributed by atoms with Crippen LogP contribution in [0, 0.1) is 0 Å². The van der Waals surface area contributed by atoms with Gasteiger partial charge in [0.15, 0.2) is 5.16 Å². The van der Waals surface area contributed by atoms with Crippen LogP contribution in [0.4, 0.5) is 18.9 Å². The highest BCUT2D eigenvalue weighted by Gasteiger charge is 2.34. The maximum atomic E-state index is 13.1. The Kier molecular flexibility index (Phi) is 6.35. The van der Waals surface area contributed by atoms with Gasteiger partial charge < -0.3 is 10.3 Å². The molecule has 0 radical (unpaired) electrons. The number of alkyl halides is 3. The van der Waals surface area contributed by atoms with Crippen molar-refractivity contribution in [1.82, 2.24) is 9.97 Å². The smallest absolute Gasteiger partial charge is 0.324 e. The number of aromatic nitrogens is 2. The third kappa shape index (κ3) is 5.25. The number of hydrogen-bond acceptors (Lipinski definition) is 4. The predicted octanol–water partition coefficient (Wildman–Crippen LogP) is 4.12. The van der Waals surface area contributed by atoms with Crippen LogP contribution in [-0.4, -0.2) is 21.1 Å². The van der Waals surface area contributed by atoms with E-state index in [2.05, 4.69) is 15.3 Å². The first-order valence-corrected chi connectivity index (χ1v) is 8.80. The largest absolute Gasteiger partial charge is 0.418 e. The zero-order chi connectivity index (χ0) is 19.5. The Morgan fingerprint density at radius 1 is 1.38 bits per heavy atom. The molecule has 140 valence electrons. The summed E-state index contributed by atoms with van der Waals surface area (Å²) in [4.78, 5) is 30.5. The SMILES string of the molecule is CCc1cc(=O)[nH]c(SC(C)C(=O)Nc2cc(Cl)ccc2C(F)(F)F)n1. The van der Waals surface area contributed by atoms with Crippen molar-refractivity contribution < 1.29 is 18.0 Å². The molecule has 2 N–H and O–H groups in total. The molecule has 0 spiro atoms. The van der Waals surface area contributed by atoms with Gasteiger partial charge in [0.05, 0.1) is 16.5 Å². The standard InChI is InChI=1S/C16H15ClF3N3O2S/c1-3-10-7-13(24)23-15(21-10)26-8(2)14(25)22-12-6-9(17)4-5-11(12)16(18,19)20/h4-8H,3H2,1-2H3,(H,22,25)(H,21,23,24). The summed E-state index contributed by atoms with van der Waals surface area (Å²) in [5.41, 5.74) is -1.22. The van der Waals surface area contributed by atoms with E-state index in [-0.39, 0.29) is 15.7 Å². The number of rotatable bonds is 5. The number of nitrogens with one attached hydrogen (secondary N) is 2. The number of carbonyl (C=O) groups excluding carboxylic acids is 1. The van der Waals surface area contributed by atoms with Crippen molar-refractivity contribution in [3.05, 3.63) is 50.9 Å². The molecule has 1 aromatic carbocycles. The van der Waals surface area contributed by atoms with Gasteiger partial charge in [0.1, 0.15) is 0 Å². The van der Waals surface area contributed by atoms with Crippen LogP contribution < -0.4 is 10.9 Å². The van der Waals surface area contributed by atoms with Crippen LogP contribution in [0.15, 0.2) is 34.2 Å². The van der Waals surface area contributed by atoms with Gasteiger partial charge in [-0.05, 0) is 31.5 Å². The Hall–Kier alpha value is -2.00. The van der Waals surface area contributed by atoms with Gasteiger partial charge >= 0.3 is 6.18 Å². The first-order chi connectivity index (χ1) is 12.1. The van der Waals surface area contributed by atoms with E-state index >= 15 is 0 Å². The molecule has 1 amide bonds. The van der Waals surface area contributed by atoms with E-state index in [1.807, 2.05) is 6.92 Å². The van der Waals surface area contributed by atoms with Crippen LogP contribution in [0.5, 0.6) is 0 Å². The lowest BCUT2D eigenvalue weighted by molar-refractivity contribution is -0.137. The minimum Gasteiger partial charge on any atom is -0.324 e. The van der Waals surface area contributed by atoms with Gasteiger partial charge in [-0.3, -0.25) is 9.59 Å². The second kappa shape index (κ2) is 8.13. The fourth-order valence-corrected chi connectivity index (χ4v) is 3.05. The summed E-state index contributed by atoms with van der Waals surface area (Å²) < 4.78 is 39.2. The molecule has 0 bridgehead atoms. The number of aromatic amines is 1. The maximum absolute atomic E-state index is 13.1. The summed E-state index contributed by atoms with van der Waals surface area (Å²) in [5.74, 6) is -0.674. The van der Waals surface area contributed by atoms with Crippen molar-refractivity contribution >= 4 is 35.0 Å². The number of halogens is 4. The van der Waals surface area contributed by atoms with Crippen molar-refractivity contribution in [2.75, 3.05) is 5.32 Å². The summed E-state index contributed by atoms with van der Waals surface area (Å²) >= 11 is 6.68. The quantitative estimate of drug-likeness (QED) is 0.579. The Balaban J connectivity index is 2.19. The van der Waals surface area contributed by atoms with Gasteiger partial charge in [0.2, 0.25) is 5.91 Å². The predicted molar refractivity (Wildman–Crippen MR) is 94.6 cm³/mol. The summed E-state index contributed by atoms with van der Waals surface area (Å²) in [6, 6.07) is 4.29. The molecule has 2 rings (SSSR count). The summed E-state index contributed by atoms with van der Waals surface area (Å²) in [6.45, 7) is 3.32. The van der Waals surface area contributed by atoms with E-state index in [1.54, 1.807) is 0 Å². The Bertz CT molecular complexity index is 871. The summed E-state index contributed by atoms with van der Waals surface area (Å²) in [5, 5.41) is 1.72. The Labute approximate surface area is 156 Å². The number of thioether (sulfide) groups is 1. The fourth-order valence-electron chi connectivity index (χ4n) is 2.04. The average Bonchev–Trinajstić information content (AvgIpc) is 2.52. The lowest BCUT2D eigenvalue weighted by Gasteiger charge is -2.16. The highest BCUT2D eigenvalue weighted by molar-refractivity contribution is 8.00. The topological polar surface area (TPSA) is 74.8 Å². The number of aryl methyl sites for hydroxylation is 1. The molecule has 26 heavy (non-hydrogen) atoms. The third-order valence-corrected chi connectivity index (χ3v) is 4.56. The lowest BCUT2D eigenvalue weighted by atomic mass is 10.1. The zero-order valence-electron chi connectivity index (χ0n) is 13.8. The first kappa shape index (κ1) is 20.3. The molecule has 1 aromatic heterocycles. The van der Waals surface area contributed by atoms with Crippen LogP contribution in [0.2, 0.25) is 5.02 Å². The molecule has 5 nitrogen and oxygen atoms in total. The monoisotopic (exact) mass is 405 g/mol. The molecule has 0 aliphatic heterocycles. The molecule has 0 saturated heterocycles. The van der Waals surface area contributed by atoms with E-state index in [0.717, 1.165) is 30.0 Å². The summed E-state index contributed by atoms with van der Waals surface area (Å²) in [7, 11) is 0. The van der Waals surface area contributed by atoms with Crippen molar-refractivity contribution in [1.29, 1.82) is 0 Å². The molecule has 1 unspecified atom stereocenters. The number of benzene rings is 1. The first-order valence-electron chi connectivity index (χ1n) is 7.54. The number of amides is 1. The van der Waals surface area contributed by atoms with Crippen molar-refractivity contribution in [2.45, 2.75) is 36.9 Å². The maximum Gasteiger partial charge on any atom is 0.418 e. The second-order valence-electron chi connectivity index (χ2n) is 5.33. The molecule has 0 fully saturated rings. The third-order valence-electron chi connectivity index (χ3n) is 3.34. The molecular formula is C16H15ClF3N3O2S. The van der Waals surface area contributed by atoms with Gasteiger partial charge in [-0.15, -0.1) is 0 Å². The number of hydrogen-bond donors (Lipinski definition) is 2. The molecule has 0 aliphatic carbocycles. The highest BCUT2D eigenvalue weighted by Crippen LogP contribution is 2.36. The lowest BCUT2D eigenvalue weighted by Crippen LogP contribution is -2.25. The molecule has 2 aromatic rings. The van der Waals surface area contributed by atoms with Crippen LogP contribution in [-0.2, 0) is 17.4 Å². The van der Waals surface area contributed by atoms with E-state index < -0.39 is 28.6 Å². The van der Waals surface area contributed by atoms with E-state index in [9.17, 15) is 22.8 Å². The van der Waals surface area contributed by atoms with Gasteiger partial charge in [-0.25, -0.2) is 4.98 Å². The second-order valence-corrected chi connectivity index (χ2v) is 7.10. The fraction of sp³-hybridized carbons (Fsp3) is 0.312. The number of anilines is 1. The van der Waals surface area contributed by atoms with E-state index in [0.29, 0.717) is 12.1 Å². The Morgan fingerprint density at radius 2 is 2.08 bits per heavy atom. The molecule has 0 saturated carbocycles. The molecule has 0 aliphatic rings. The van der Waals surface area contributed by atoms with Crippen LogP contribution >= 0.6 is 23.4 Å². The summed E-state index contributed by atoms with van der Waals surface area (Å²) in [6.07, 6.45) is -4.10. The van der Waals surface area contributed by atoms with Crippen molar-refractivity contribution in [2.24, 2.45) is 0 Å². The minimum atomic E-state index is -4.63. The Morgan fingerprint density at radius 3 is 2.69 bits per heavy atom. The van der Waals surface area contributed by atoms with E-state index in [4.69, 9.17) is 11.6 Å². The van der Waals surface area contributed by atoms with Crippen LogP contribution in [0.1, 0.15) is 25.1 Å². The number of H-pyrrole nitrogens is 1. The number of carbonyl (C=O) groups is 1. The normalized spacial score (nSPS) is 12.7. The van der Waals surface area contributed by atoms with Crippen molar-refractivity contribution in [3.63, 3.8) is 0 Å². The minimum absolute atomic E-state index is 0.0650. The van der Waals surface area contributed by atoms with Gasteiger partial charge in [-0.2, -0.15) is 13.2 Å². The van der Waals surface area contributed by atoms with Gasteiger partial charge in [0, 0.05) is 16.8 Å².